The minimum atomic E-state index is -4.95. The van der Waals surface area contributed by atoms with E-state index in [2.05, 4.69) is 55.4 Å². The molecule has 0 spiro atoms. The van der Waals surface area contributed by atoms with E-state index in [1.807, 2.05) is 0 Å². The molecule has 0 rings (SSSR count). The Bertz CT molecular complexity index is 1750. The van der Waals surface area contributed by atoms with Crippen molar-refractivity contribution in [3.63, 3.8) is 0 Å². The second-order valence-corrected chi connectivity index (χ2v) is 29.5. The lowest BCUT2D eigenvalue weighted by Crippen LogP contribution is -2.30. The molecular formula is C69H134O17P2. The van der Waals surface area contributed by atoms with Crippen LogP contribution in [-0.4, -0.2) is 96.7 Å². The molecule has 0 aromatic heterocycles. The van der Waals surface area contributed by atoms with E-state index in [-0.39, 0.29) is 25.7 Å². The van der Waals surface area contributed by atoms with Crippen molar-refractivity contribution in [2.75, 3.05) is 39.6 Å². The van der Waals surface area contributed by atoms with E-state index in [0.29, 0.717) is 31.6 Å². The van der Waals surface area contributed by atoms with Crippen molar-refractivity contribution in [1.29, 1.82) is 0 Å². The summed E-state index contributed by atoms with van der Waals surface area (Å²) in [6.07, 6.45) is 40.4. The maximum atomic E-state index is 13.0. The van der Waals surface area contributed by atoms with Gasteiger partial charge in [0.15, 0.2) is 12.2 Å². The van der Waals surface area contributed by atoms with Crippen molar-refractivity contribution in [1.82, 2.24) is 0 Å². The Hall–Kier alpha value is -1.94. The van der Waals surface area contributed by atoms with Gasteiger partial charge >= 0.3 is 39.5 Å². The molecule has 0 fully saturated rings. The average Bonchev–Trinajstić information content (AvgIpc) is 3.63. The van der Waals surface area contributed by atoms with Gasteiger partial charge in [-0.1, -0.05) is 287 Å². The van der Waals surface area contributed by atoms with E-state index in [1.54, 1.807) is 0 Å². The van der Waals surface area contributed by atoms with Crippen LogP contribution >= 0.6 is 15.6 Å². The third-order valence-electron chi connectivity index (χ3n) is 16.2. The van der Waals surface area contributed by atoms with Crippen LogP contribution in [0.3, 0.4) is 0 Å². The predicted octanol–water partition coefficient (Wildman–Crippen LogP) is 19.3. The zero-order chi connectivity index (χ0) is 65.4. The molecule has 0 aliphatic heterocycles. The molecule has 4 unspecified atom stereocenters. The van der Waals surface area contributed by atoms with Gasteiger partial charge in [-0.3, -0.25) is 37.3 Å². The van der Waals surface area contributed by atoms with Crippen LogP contribution in [0.2, 0.25) is 0 Å². The van der Waals surface area contributed by atoms with Crippen LogP contribution in [0.15, 0.2) is 0 Å². The number of carbonyl (C=O) groups is 4. The molecule has 17 nitrogen and oxygen atoms in total. The summed E-state index contributed by atoms with van der Waals surface area (Å²) >= 11 is 0. The van der Waals surface area contributed by atoms with Crippen molar-refractivity contribution in [2.45, 2.75) is 356 Å². The number of phosphoric acid groups is 2. The average molecular weight is 1300 g/mol. The summed E-state index contributed by atoms with van der Waals surface area (Å²) < 4.78 is 68.2. The molecule has 19 heteroatoms. The Kier molecular flexibility index (Phi) is 57.6. The Morgan fingerprint density at radius 2 is 0.545 bits per heavy atom. The van der Waals surface area contributed by atoms with Crippen LogP contribution in [0.5, 0.6) is 0 Å². The van der Waals surface area contributed by atoms with E-state index < -0.39 is 97.5 Å². The fourth-order valence-corrected chi connectivity index (χ4v) is 11.9. The van der Waals surface area contributed by atoms with E-state index >= 15 is 0 Å². The van der Waals surface area contributed by atoms with Gasteiger partial charge in [0.1, 0.15) is 19.3 Å². The van der Waals surface area contributed by atoms with Crippen LogP contribution in [0.4, 0.5) is 0 Å². The first kappa shape index (κ1) is 86.1. The number of aliphatic hydroxyl groups excluding tert-OH is 1. The van der Waals surface area contributed by atoms with Gasteiger partial charge in [0, 0.05) is 25.7 Å². The Morgan fingerprint density at radius 3 is 0.807 bits per heavy atom. The summed E-state index contributed by atoms with van der Waals surface area (Å²) in [7, 11) is -9.90. The van der Waals surface area contributed by atoms with Crippen LogP contribution in [0.25, 0.3) is 0 Å². The molecular weight excluding hydrogens is 1160 g/mol. The molecule has 0 radical (unpaired) electrons. The maximum absolute atomic E-state index is 13.0. The van der Waals surface area contributed by atoms with Crippen molar-refractivity contribution in [3.05, 3.63) is 0 Å². The molecule has 0 amide bonds. The molecule has 3 N–H and O–H groups in total. The minimum absolute atomic E-state index is 0.105. The molecule has 88 heavy (non-hydrogen) atoms. The smallest absolute Gasteiger partial charge is 0.462 e. The largest absolute Gasteiger partial charge is 0.472 e. The Labute approximate surface area is 537 Å². The lowest BCUT2D eigenvalue weighted by Gasteiger charge is -2.21. The zero-order valence-corrected chi connectivity index (χ0v) is 59.1. The van der Waals surface area contributed by atoms with Crippen LogP contribution in [0.1, 0.15) is 338 Å². The summed E-state index contributed by atoms with van der Waals surface area (Å²) in [5, 5.41) is 10.6. The summed E-state index contributed by atoms with van der Waals surface area (Å²) in [6, 6.07) is 0. The quantitative estimate of drug-likeness (QED) is 0.0222. The van der Waals surface area contributed by atoms with Gasteiger partial charge in [-0.05, 0) is 49.4 Å². The maximum Gasteiger partial charge on any atom is 0.472 e. The van der Waals surface area contributed by atoms with Gasteiger partial charge in [0.2, 0.25) is 0 Å². The summed E-state index contributed by atoms with van der Waals surface area (Å²) in [4.78, 5) is 72.5. The number of ether oxygens (including phenoxy) is 4. The van der Waals surface area contributed by atoms with Gasteiger partial charge in [-0.25, -0.2) is 9.13 Å². The number of esters is 4. The fraction of sp³-hybridized carbons (Fsp3) is 0.942. The summed E-state index contributed by atoms with van der Waals surface area (Å²) in [6.45, 7) is 14.0. The van der Waals surface area contributed by atoms with Gasteiger partial charge < -0.3 is 33.8 Å². The van der Waals surface area contributed by atoms with Crippen LogP contribution < -0.4 is 0 Å². The second-order valence-electron chi connectivity index (χ2n) is 26.6. The lowest BCUT2D eigenvalue weighted by atomic mass is 10.00. The Balaban J connectivity index is 5.26. The number of carbonyl (C=O) groups excluding carboxylic acids is 4. The molecule has 0 heterocycles. The molecule has 0 aromatic rings. The number of hydrogen-bond acceptors (Lipinski definition) is 15. The van der Waals surface area contributed by atoms with Crippen LogP contribution in [-0.2, 0) is 65.4 Å². The Morgan fingerprint density at radius 1 is 0.318 bits per heavy atom. The molecule has 0 bridgehead atoms. The summed E-state index contributed by atoms with van der Waals surface area (Å²) in [5.41, 5.74) is 0. The van der Waals surface area contributed by atoms with Gasteiger partial charge in [-0.2, -0.15) is 0 Å². The van der Waals surface area contributed by atoms with Crippen molar-refractivity contribution < 1.29 is 80.2 Å². The first-order chi connectivity index (χ1) is 42.1. The van der Waals surface area contributed by atoms with Gasteiger partial charge in [-0.15, -0.1) is 0 Å². The lowest BCUT2D eigenvalue weighted by molar-refractivity contribution is -0.161. The molecule has 522 valence electrons. The summed E-state index contributed by atoms with van der Waals surface area (Å²) in [5.74, 6) is 0.834. The minimum Gasteiger partial charge on any atom is -0.462 e. The van der Waals surface area contributed by atoms with E-state index in [9.17, 15) is 43.2 Å². The standard InChI is InChI=1S/C69H134O17P2/c1-9-62(8)48-40-32-27-28-34-42-50-67(72)80-56-65(86-69(74)52-44-36-25-19-15-11-13-17-22-30-38-46-60(4)5)58-84-88(77,78)82-54-63(70)53-81-87(75,76)83-57-64(55-79-66(71)49-41-33-26-20-23-31-39-47-61(6)7)85-68(73)51-43-35-24-18-14-10-12-16-21-29-37-45-59(2)3/h59-65,70H,9-58H2,1-8H3,(H,75,76)(H,77,78)/t62?,63?,64-,65-/m1/s1. The number of hydrogen-bond donors (Lipinski definition) is 3. The second kappa shape index (κ2) is 58.8. The molecule has 0 saturated carbocycles. The number of rotatable bonds is 66. The molecule has 0 saturated heterocycles. The predicted molar refractivity (Wildman–Crippen MR) is 354 cm³/mol. The first-order valence-electron chi connectivity index (χ1n) is 35.7. The van der Waals surface area contributed by atoms with E-state index in [4.69, 9.17) is 37.0 Å². The highest BCUT2D eigenvalue weighted by atomic mass is 31.2. The topological polar surface area (TPSA) is 237 Å². The highest BCUT2D eigenvalue weighted by Gasteiger charge is 2.30. The van der Waals surface area contributed by atoms with Crippen molar-refractivity contribution in [3.8, 4) is 0 Å². The number of unbranched alkanes of at least 4 members (excludes halogenated alkanes) is 31. The first-order valence-corrected chi connectivity index (χ1v) is 38.7. The number of phosphoric ester groups is 2. The molecule has 6 atom stereocenters. The molecule has 0 aliphatic carbocycles. The normalized spacial score (nSPS) is 14.6. The fourth-order valence-electron chi connectivity index (χ4n) is 10.3. The molecule has 0 aromatic carbocycles. The van der Waals surface area contributed by atoms with E-state index in [1.165, 1.54) is 128 Å². The monoisotopic (exact) mass is 1300 g/mol. The number of aliphatic hydroxyl groups is 1. The van der Waals surface area contributed by atoms with Crippen molar-refractivity contribution in [2.24, 2.45) is 23.7 Å². The highest BCUT2D eigenvalue weighted by molar-refractivity contribution is 7.47. The van der Waals surface area contributed by atoms with Gasteiger partial charge in [0.25, 0.3) is 0 Å². The van der Waals surface area contributed by atoms with Crippen molar-refractivity contribution >= 4 is 39.5 Å². The molecule has 0 aliphatic rings. The van der Waals surface area contributed by atoms with E-state index in [0.717, 1.165) is 120 Å². The highest BCUT2D eigenvalue weighted by Crippen LogP contribution is 2.45. The van der Waals surface area contributed by atoms with Gasteiger partial charge in [0.05, 0.1) is 26.4 Å². The third kappa shape index (κ3) is 61.6. The third-order valence-corrected chi connectivity index (χ3v) is 18.1. The SMILES string of the molecule is CCC(C)CCCCCCCCC(=O)OC[C@H](COP(=O)(O)OCC(O)COP(=O)(O)OC[C@@H](COC(=O)CCCCCCCCCC(C)C)OC(=O)CCCCCCCCCCCCCC(C)C)OC(=O)CCCCCCCCCCCCCC(C)C. The van der Waals surface area contributed by atoms with Crippen LogP contribution in [0, 0.1) is 23.7 Å². The zero-order valence-electron chi connectivity index (χ0n) is 57.3.